The summed E-state index contributed by atoms with van der Waals surface area (Å²) in [6, 6.07) is 9.31. The maximum Gasteiger partial charge on any atom is 0.0594 e. The molecule has 0 heterocycles. The molecule has 0 aromatic heterocycles. The van der Waals surface area contributed by atoms with Gasteiger partial charge < -0.3 is 10.1 Å². The highest BCUT2D eigenvalue weighted by atomic mass is 16.5. The van der Waals surface area contributed by atoms with Gasteiger partial charge in [0.25, 0.3) is 0 Å². The second-order valence-electron chi connectivity index (χ2n) is 5.30. The minimum absolute atomic E-state index is 0.328. The van der Waals surface area contributed by atoms with Crippen LogP contribution >= 0.6 is 0 Å². The van der Waals surface area contributed by atoms with Gasteiger partial charge >= 0.3 is 0 Å². The summed E-state index contributed by atoms with van der Waals surface area (Å²) in [7, 11) is 0. The minimum Gasteiger partial charge on any atom is -0.377 e. The molecule has 0 aliphatic heterocycles. The molecule has 2 nitrogen and oxygen atoms in total. The molecule has 2 heteroatoms. The Labute approximate surface area is 112 Å². The molecule has 0 bridgehead atoms. The Morgan fingerprint density at radius 2 is 2.00 bits per heavy atom. The monoisotopic (exact) mass is 249 g/mol. The minimum atomic E-state index is 0.328. The average molecular weight is 249 g/mol. The summed E-state index contributed by atoms with van der Waals surface area (Å²) in [5.41, 5.74) is 2.78. The van der Waals surface area contributed by atoms with Gasteiger partial charge in [-0.15, -0.1) is 0 Å². The fraction of sp³-hybridized carbons (Fsp3) is 0.625. The predicted octanol–water partition coefficient (Wildman–Crippen LogP) is 3.33. The fourth-order valence-electron chi connectivity index (χ4n) is 1.95. The lowest BCUT2D eigenvalue weighted by Crippen LogP contribution is -2.30. The molecule has 102 valence electrons. The fourth-order valence-corrected chi connectivity index (χ4v) is 1.95. The third-order valence-electron chi connectivity index (χ3n) is 2.99. The van der Waals surface area contributed by atoms with Crippen LogP contribution in [-0.4, -0.2) is 25.3 Å². The molecule has 1 aromatic carbocycles. The molecule has 1 unspecified atom stereocenters. The summed E-state index contributed by atoms with van der Waals surface area (Å²) >= 11 is 0. The Bertz CT molecular complexity index is 336. The van der Waals surface area contributed by atoms with Crippen LogP contribution in [0.1, 0.15) is 38.3 Å². The summed E-state index contributed by atoms with van der Waals surface area (Å²) in [6.07, 6.45) is 2.64. The second-order valence-corrected chi connectivity index (χ2v) is 5.30. The summed E-state index contributed by atoms with van der Waals surface area (Å²) in [5.74, 6) is 0. The van der Waals surface area contributed by atoms with Crippen LogP contribution in [0.15, 0.2) is 24.3 Å². The molecule has 1 N–H and O–H groups in total. The van der Waals surface area contributed by atoms with E-state index in [0.29, 0.717) is 12.1 Å². The van der Waals surface area contributed by atoms with E-state index in [-0.39, 0.29) is 0 Å². The van der Waals surface area contributed by atoms with Crippen LogP contribution < -0.4 is 5.32 Å². The van der Waals surface area contributed by atoms with Crippen LogP contribution in [-0.2, 0) is 11.2 Å². The third kappa shape index (κ3) is 6.77. The standard InChI is InChI=1S/C16H27NO/c1-13(2)18-11-10-17-15(4)8-9-16-7-5-6-14(3)12-16/h5-7,12-13,15,17H,8-11H2,1-4H3. The van der Waals surface area contributed by atoms with Crippen molar-refractivity contribution in [2.75, 3.05) is 13.2 Å². The number of rotatable bonds is 8. The summed E-state index contributed by atoms with van der Waals surface area (Å²) < 4.78 is 5.51. The first-order chi connectivity index (χ1) is 8.58. The first-order valence-electron chi connectivity index (χ1n) is 6.98. The van der Waals surface area contributed by atoms with E-state index >= 15 is 0 Å². The van der Waals surface area contributed by atoms with Gasteiger partial charge in [-0.05, 0) is 46.1 Å². The maximum atomic E-state index is 5.51. The first kappa shape index (κ1) is 15.2. The lowest BCUT2D eigenvalue weighted by molar-refractivity contribution is 0.0795. The highest BCUT2D eigenvalue weighted by molar-refractivity contribution is 5.22. The van der Waals surface area contributed by atoms with Gasteiger partial charge in [0.1, 0.15) is 0 Å². The van der Waals surface area contributed by atoms with E-state index in [1.807, 2.05) is 0 Å². The Hall–Kier alpha value is -0.860. The number of benzene rings is 1. The van der Waals surface area contributed by atoms with E-state index in [1.165, 1.54) is 17.5 Å². The molecule has 0 spiro atoms. The largest absolute Gasteiger partial charge is 0.377 e. The third-order valence-corrected chi connectivity index (χ3v) is 2.99. The number of aryl methyl sites for hydroxylation is 2. The molecule has 1 atom stereocenters. The SMILES string of the molecule is Cc1cccc(CCC(C)NCCOC(C)C)c1. The number of hydrogen-bond donors (Lipinski definition) is 1. The van der Waals surface area contributed by atoms with E-state index in [9.17, 15) is 0 Å². The van der Waals surface area contributed by atoms with Crippen molar-refractivity contribution in [3.8, 4) is 0 Å². The number of nitrogens with one attached hydrogen (secondary N) is 1. The van der Waals surface area contributed by atoms with Crippen molar-refractivity contribution >= 4 is 0 Å². The van der Waals surface area contributed by atoms with Crippen LogP contribution in [0.5, 0.6) is 0 Å². The molecule has 0 amide bonds. The van der Waals surface area contributed by atoms with E-state index in [1.54, 1.807) is 0 Å². The normalized spacial score (nSPS) is 12.9. The topological polar surface area (TPSA) is 21.3 Å². The van der Waals surface area contributed by atoms with Gasteiger partial charge in [-0.3, -0.25) is 0 Å². The molecule has 0 saturated heterocycles. The van der Waals surface area contributed by atoms with E-state index in [2.05, 4.69) is 57.3 Å². The van der Waals surface area contributed by atoms with Crippen molar-refractivity contribution in [1.82, 2.24) is 5.32 Å². The van der Waals surface area contributed by atoms with Gasteiger partial charge in [-0.1, -0.05) is 29.8 Å². The highest BCUT2D eigenvalue weighted by Crippen LogP contribution is 2.07. The van der Waals surface area contributed by atoms with Gasteiger partial charge in [0.15, 0.2) is 0 Å². The van der Waals surface area contributed by atoms with Gasteiger partial charge in [-0.25, -0.2) is 0 Å². The number of ether oxygens (including phenoxy) is 1. The Morgan fingerprint density at radius 3 is 2.67 bits per heavy atom. The van der Waals surface area contributed by atoms with Gasteiger partial charge in [0.05, 0.1) is 12.7 Å². The van der Waals surface area contributed by atoms with Crippen LogP contribution in [0.2, 0.25) is 0 Å². The molecule has 0 aliphatic rings. The van der Waals surface area contributed by atoms with Gasteiger partial charge in [0, 0.05) is 12.6 Å². The molecular weight excluding hydrogens is 222 g/mol. The molecule has 0 saturated carbocycles. The molecular formula is C16H27NO. The van der Waals surface area contributed by atoms with E-state index in [0.717, 1.165) is 19.6 Å². The predicted molar refractivity (Wildman–Crippen MR) is 78.1 cm³/mol. The lowest BCUT2D eigenvalue weighted by atomic mass is 10.0. The smallest absolute Gasteiger partial charge is 0.0594 e. The van der Waals surface area contributed by atoms with Crippen molar-refractivity contribution in [2.45, 2.75) is 52.7 Å². The zero-order chi connectivity index (χ0) is 13.4. The van der Waals surface area contributed by atoms with Crippen molar-refractivity contribution in [3.63, 3.8) is 0 Å². The quantitative estimate of drug-likeness (QED) is 0.714. The van der Waals surface area contributed by atoms with Crippen molar-refractivity contribution < 1.29 is 4.74 Å². The van der Waals surface area contributed by atoms with Crippen LogP contribution in [0.3, 0.4) is 0 Å². The molecule has 0 fully saturated rings. The van der Waals surface area contributed by atoms with Crippen LogP contribution in [0, 0.1) is 6.92 Å². The van der Waals surface area contributed by atoms with Crippen LogP contribution in [0.25, 0.3) is 0 Å². The first-order valence-corrected chi connectivity index (χ1v) is 6.98. The molecule has 1 rings (SSSR count). The summed E-state index contributed by atoms with van der Waals surface area (Å²) in [4.78, 5) is 0. The van der Waals surface area contributed by atoms with E-state index < -0.39 is 0 Å². The number of hydrogen-bond acceptors (Lipinski definition) is 2. The second kappa shape index (κ2) is 8.28. The summed E-state index contributed by atoms with van der Waals surface area (Å²) in [5, 5.41) is 3.50. The molecule has 1 aromatic rings. The highest BCUT2D eigenvalue weighted by Gasteiger charge is 2.02. The Balaban J connectivity index is 2.15. The van der Waals surface area contributed by atoms with Crippen molar-refractivity contribution in [1.29, 1.82) is 0 Å². The molecule has 0 aliphatic carbocycles. The zero-order valence-electron chi connectivity index (χ0n) is 12.2. The Morgan fingerprint density at radius 1 is 1.22 bits per heavy atom. The van der Waals surface area contributed by atoms with E-state index in [4.69, 9.17) is 4.74 Å². The van der Waals surface area contributed by atoms with Gasteiger partial charge in [0.2, 0.25) is 0 Å². The molecule has 0 radical (unpaired) electrons. The Kier molecular flexibility index (Phi) is 6.99. The van der Waals surface area contributed by atoms with Crippen LogP contribution in [0.4, 0.5) is 0 Å². The molecule has 18 heavy (non-hydrogen) atoms. The zero-order valence-corrected chi connectivity index (χ0v) is 12.2. The lowest BCUT2D eigenvalue weighted by Gasteiger charge is -2.15. The van der Waals surface area contributed by atoms with Crippen molar-refractivity contribution in [3.05, 3.63) is 35.4 Å². The maximum absolute atomic E-state index is 5.51. The van der Waals surface area contributed by atoms with Crippen molar-refractivity contribution in [2.24, 2.45) is 0 Å². The summed E-state index contributed by atoms with van der Waals surface area (Å²) in [6.45, 7) is 10.3. The average Bonchev–Trinajstić information content (AvgIpc) is 2.32. The van der Waals surface area contributed by atoms with Gasteiger partial charge in [-0.2, -0.15) is 0 Å².